The van der Waals surface area contributed by atoms with E-state index in [1.165, 1.54) is 30.4 Å². The minimum absolute atomic E-state index is 0. The fourth-order valence-corrected chi connectivity index (χ4v) is 3.36. The zero-order chi connectivity index (χ0) is 10.7. The van der Waals surface area contributed by atoms with Gasteiger partial charge in [0.2, 0.25) is 0 Å². The molecular formula is C14H19SW-. The molecule has 0 atom stereocenters. The van der Waals surface area contributed by atoms with Crippen LogP contribution in [0.25, 0.3) is 0 Å². The van der Waals surface area contributed by atoms with Crippen LogP contribution in [0.3, 0.4) is 0 Å². The zero-order valence-electron chi connectivity index (χ0n) is 9.87. The molecule has 1 aliphatic carbocycles. The molecule has 0 radical (unpaired) electrons. The molecule has 1 aromatic carbocycles. The van der Waals surface area contributed by atoms with Gasteiger partial charge in [-0.3, -0.25) is 0 Å². The Balaban J connectivity index is 0.00000128. The summed E-state index contributed by atoms with van der Waals surface area (Å²) in [7, 11) is 0. The first-order chi connectivity index (χ1) is 7.30. The van der Waals surface area contributed by atoms with Crippen molar-refractivity contribution in [2.75, 3.05) is 6.26 Å². The van der Waals surface area contributed by atoms with Crippen LogP contribution in [0.2, 0.25) is 0 Å². The van der Waals surface area contributed by atoms with Crippen LogP contribution in [0, 0.1) is 6.92 Å². The monoisotopic (exact) mass is 403 g/mol. The second-order valence-corrected chi connectivity index (χ2v) is 5.54. The van der Waals surface area contributed by atoms with Crippen LogP contribution in [-0.2, 0) is 32.2 Å². The van der Waals surface area contributed by atoms with Gasteiger partial charge in [0, 0.05) is 25.8 Å². The van der Waals surface area contributed by atoms with Crippen LogP contribution in [0.5, 0.6) is 0 Å². The second kappa shape index (κ2) is 6.26. The minimum atomic E-state index is 0. The van der Waals surface area contributed by atoms with E-state index in [-0.39, 0.29) is 21.1 Å². The van der Waals surface area contributed by atoms with Crippen LogP contribution >= 0.6 is 11.8 Å². The van der Waals surface area contributed by atoms with Crippen molar-refractivity contribution in [3.8, 4) is 0 Å². The van der Waals surface area contributed by atoms with Gasteiger partial charge in [-0.2, -0.15) is 18.2 Å². The summed E-state index contributed by atoms with van der Waals surface area (Å²) in [6.45, 7) is 3.89. The summed E-state index contributed by atoms with van der Waals surface area (Å²) in [4.78, 5) is 0. The maximum atomic E-state index is 3.89. The maximum absolute atomic E-state index is 3.89. The van der Waals surface area contributed by atoms with E-state index in [4.69, 9.17) is 0 Å². The molecule has 0 aliphatic heterocycles. The van der Waals surface area contributed by atoms with E-state index in [1.54, 1.807) is 0 Å². The second-order valence-electron chi connectivity index (χ2n) is 4.35. The third kappa shape index (κ3) is 2.74. The molecule has 0 amide bonds. The fraction of sp³-hybridized carbons (Fsp3) is 0.500. The van der Waals surface area contributed by atoms with Gasteiger partial charge in [0.05, 0.1) is 0 Å². The maximum Gasteiger partial charge on any atom is 0.0405 e. The molecule has 2 rings (SSSR count). The van der Waals surface area contributed by atoms with E-state index in [9.17, 15) is 0 Å². The van der Waals surface area contributed by atoms with E-state index >= 15 is 0 Å². The van der Waals surface area contributed by atoms with E-state index in [2.05, 4.69) is 37.4 Å². The molecule has 0 bridgehead atoms. The molecule has 1 aromatic rings. The first kappa shape index (κ1) is 14.3. The van der Waals surface area contributed by atoms with E-state index in [0.717, 1.165) is 12.8 Å². The Morgan fingerprint density at radius 2 is 1.88 bits per heavy atom. The van der Waals surface area contributed by atoms with Crippen molar-refractivity contribution >= 4 is 11.8 Å². The summed E-state index contributed by atoms with van der Waals surface area (Å²) in [5, 5.41) is 0. The van der Waals surface area contributed by atoms with Crippen molar-refractivity contribution in [3.63, 3.8) is 0 Å². The number of rotatable bonds is 4. The van der Waals surface area contributed by atoms with Gasteiger partial charge < -0.3 is 6.92 Å². The van der Waals surface area contributed by atoms with Gasteiger partial charge in [-0.25, -0.2) is 0 Å². The summed E-state index contributed by atoms with van der Waals surface area (Å²) in [6, 6.07) is 9.19. The standard InChI is InChI=1S/C14H19S.W/c1-3-5-12-6-8-13(9-7-12)14(15-2)10-4-11-14;/h6-9H,1,3-5,10-11H2,2H3;/q-1;. The van der Waals surface area contributed by atoms with Gasteiger partial charge in [-0.15, -0.1) is 0 Å². The molecule has 1 fully saturated rings. The summed E-state index contributed by atoms with van der Waals surface area (Å²) in [6.07, 6.45) is 8.43. The molecule has 0 nitrogen and oxygen atoms in total. The normalized spacial score (nSPS) is 17.4. The van der Waals surface area contributed by atoms with Gasteiger partial charge in [-0.1, -0.05) is 42.7 Å². The van der Waals surface area contributed by atoms with E-state index in [1.807, 2.05) is 11.8 Å². The quantitative estimate of drug-likeness (QED) is 0.680. The minimum Gasteiger partial charge on any atom is -0.343 e. The Bertz CT molecular complexity index is 309. The zero-order valence-corrected chi connectivity index (χ0v) is 13.6. The van der Waals surface area contributed by atoms with E-state index in [0.29, 0.717) is 4.75 Å². The third-order valence-electron chi connectivity index (χ3n) is 3.50. The Hall–Kier alpha value is 0.258. The Morgan fingerprint density at radius 1 is 1.25 bits per heavy atom. The average Bonchev–Trinajstić information content (AvgIpc) is 2.20. The topological polar surface area (TPSA) is 0 Å². The Morgan fingerprint density at radius 3 is 2.25 bits per heavy atom. The molecule has 0 aromatic heterocycles. The molecule has 88 valence electrons. The number of benzene rings is 1. The van der Waals surface area contributed by atoms with Crippen LogP contribution < -0.4 is 0 Å². The predicted molar refractivity (Wildman–Crippen MR) is 69.2 cm³/mol. The van der Waals surface area contributed by atoms with Gasteiger partial charge >= 0.3 is 0 Å². The Labute approximate surface area is 118 Å². The molecule has 0 N–H and O–H groups in total. The van der Waals surface area contributed by atoms with Crippen molar-refractivity contribution in [2.24, 2.45) is 0 Å². The van der Waals surface area contributed by atoms with Crippen molar-refractivity contribution in [1.29, 1.82) is 0 Å². The number of hydrogen-bond donors (Lipinski definition) is 0. The van der Waals surface area contributed by atoms with Crippen molar-refractivity contribution in [3.05, 3.63) is 42.3 Å². The smallest absolute Gasteiger partial charge is 0.0405 e. The Kier molecular flexibility index (Phi) is 5.60. The van der Waals surface area contributed by atoms with Gasteiger partial charge in [-0.05, 0) is 24.7 Å². The largest absolute Gasteiger partial charge is 0.343 e. The number of hydrogen-bond acceptors (Lipinski definition) is 1. The van der Waals surface area contributed by atoms with Crippen molar-refractivity contribution in [2.45, 2.75) is 36.9 Å². The summed E-state index contributed by atoms with van der Waals surface area (Å²) in [5.41, 5.74) is 2.94. The van der Waals surface area contributed by atoms with Gasteiger partial charge in [0.1, 0.15) is 0 Å². The first-order valence-electron chi connectivity index (χ1n) is 5.74. The van der Waals surface area contributed by atoms with Gasteiger partial charge in [0.15, 0.2) is 0 Å². The van der Waals surface area contributed by atoms with Gasteiger partial charge in [0.25, 0.3) is 0 Å². The van der Waals surface area contributed by atoms with Crippen LogP contribution in [0.15, 0.2) is 24.3 Å². The first-order valence-corrected chi connectivity index (χ1v) is 6.97. The molecule has 0 unspecified atom stereocenters. The van der Waals surface area contributed by atoms with Crippen LogP contribution in [-0.4, -0.2) is 6.26 Å². The molecule has 1 saturated carbocycles. The number of thioether (sulfide) groups is 1. The SMILES string of the molecule is [CH2-]CCc1ccc(C2(SC)CCC2)cc1.[W]. The summed E-state index contributed by atoms with van der Waals surface area (Å²) >= 11 is 2.02. The van der Waals surface area contributed by atoms with Crippen molar-refractivity contribution in [1.82, 2.24) is 0 Å². The molecule has 0 spiro atoms. The van der Waals surface area contributed by atoms with Crippen molar-refractivity contribution < 1.29 is 21.1 Å². The van der Waals surface area contributed by atoms with Crippen LogP contribution in [0.1, 0.15) is 36.8 Å². The fourth-order valence-electron chi connectivity index (χ4n) is 2.29. The molecule has 1 aliphatic rings. The molecule has 0 saturated heterocycles. The molecule has 0 heterocycles. The average molecular weight is 403 g/mol. The molecule has 2 heteroatoms. The third-order valence-corrected chi connectivity index (χ3v) is 4.92. The summed E-state index contributed by atoms with van der Waals surface area (Å²) < 4.78 is 0.447. The molecule has 16 heavy (non-hydrogen) atoms. The van der Waals surface area contributed by atoms with E-state index < -0.39 is 0 Å². The number of aryl methyl sites for hydroxylation is 1. The summed E-state index contributed by atoms with van der Waals surface area (Å²) in [5.74, 6) is 0. The molecular weight excluding hydrogens is 384 g/mol. The van der Waals surface area contributed by atoms with Crippen LogP contribution in [0.4, 0.5) is 0 Å². The predicted octanol–water partition coefficient (Wildman–Crippen LogP) is 4.19.